The van der Waals surface area contributed by atoms with Crippen LogP contribution in [0.3, 0.4) is 0 Å². The zero-order valence-electron chi connectivity index (χ0n) is 18.6. The largest absolute Gasteiger partial charge is 0.510 e. The summed E-state index contributed by atoms with van der Waals surface area (Å²) in [5.41, 5.74) is 1.08. The van der Waals surface area contributed by atoms with E-state index in [0.717, 1.165) is 7.11 Å². The summed E-state index contributed by atoms with van der Waals surface area (Å²) in [5.74, 6) is -9.97. The van der Waals surface area contributed by atoms with Gasteiger partial charge in [-0.3, -0.25) is 24.1 Å². The number of carbonyl (C=O) groups is 4. The number of aliphatic hydroxyl groups is 3. The molecule has 1 aromatic carbocycles. The molecule has 6 N–H and O–H groups in total. The molecule has 0 radical (unpaired) electrons. The molecule has 0 heterocycles. The van der Waals surface area contributed by atoms with Crippen LogP contribution in [0.5, 0.6) is 5.75 Å². The van der Waals surface area contributed by atoms with Crippen molar-refractivity contribution in [3.8, 4) is 5.75 Å². The minimum Gasteiger partial charge on any atom is -0.510 e. The SMILES string of the molecule is COC(=O)[C@@H]1c2cccc(O)c2C(=O)C2=C(O)[C@]3(O)C(=O)C(C(N)=O)=C(O)[C@@H](N(C)C)[C@@H]3C[C@@H]21. The van der Waals surface area contributed by atoms with Gasteiger partial charge in [-0.25, -0.2) is 0 Å². The van der Waals surface area contributed by atoms with Gasteiger partial charge in [-0.2, -0.15) is 0 Å². The van der Waals surface area contributed by atoms with E-state index in [1.54, 1.807) is 0 Å². The minimum atomic E-state index is -2.78. The predicted octanol–water partition coefficient (Wildman–Crippen LogP) is -0.165. The maximum absolute atomic E-state index is 13.4. The Morgan fingerprint density at radius 1 is 1.18 bits per heavy atom. The number of esters is 1. The highest BCUT2D eigenvalue weighted by Crippen LogP contribution is 2.55. The van der Waals surface area contributed by atoms with Crippen LogP contribution in [-0.4, -0.2) is 81.6 Å². The van der Waals surface area contributed by atoms with Crippen LogP contribution in [0.1, 0.15) is 28.3 Å². The van der Waals surface area contributed by atoms with Gasteiger partial charge in [0.25, 0.3) is 5.91 Å². The smallest absolute Gasteiger partial charge is 0.313 e. The Labute approximate surface area is 193 Å². The van der Waals surface area contributed by atoms with Gasteiger partial charge < -0.3 is 30.9 Å². The maximum Gasteiger partial charge on any atom is 0.313 e. The van der Waals surface area contributed by atoms with E-state index in [1.165, 1.54) is 37.2 Å². The molecule has 0 unspecified atom stereocenters. The molecule has 1 amide bonds. The molecule has 5 atom stereocenters. The number of nitrogens with two attached hydrogens (primary N) is 1. The van der Waals surface area contributed by atoms with E-state index in [4.69, 9.17) is 10.5 Å². The van der Waals surface area contributed by atoms with Crippen LogP contribution >= 0.6 is 0 Å². The molecule has 1 aromatic rings. The number of phenolic OH excluding ortho intramolecular Hbond substituents is 1. The minimum absolute atomic E-state index is 0.171. The third-order valence-corrected chi connectivity index (χ3v) is 7.06. The highest BCUT2D eigenvalue weighted by atomic mass is 16.5. The van der Waals surface area contributed by atoms with Crippen molar-refractivity contribution in [2.24, 2.45) is 17.6 Å². The van der Waals surface area contributed by atoms with Crippen LogP contribution in [0.25, 0.3) is 0 Å². The van der Waals surface area contributed by atoms with Crippen molar-refractivity contribution in [2.45, 2.75) is 24.0 Å². The third kappa shape index (κ3) is 2.83. The molecule has 4 rings (SSSR count). The second kappa shape index (κ2) is 7.67. The number of rotatable bonds is 3. The van der Waals surface area contributed by atoms with Crippen LogP contribution in [-0.2, 0) is 19.1 Å². The van der Waals surface area contributed by atoms with Gasteiger partial charge in [-0.1, -0.05) is 12.1 Å². The molecule has 3 aliphatic rings. The first-order chi connectivity index (χ1) is 15.9. The van der Waals surface area contributed by atoms with Gasteiger partial charge in [0.05, 0.1) is 24.6 Å². The number of aromatic hydroxyl groups is 1. The average Bonchev–Trinajstić information content (AvgIpc) is 2.75. The Hall–Kier alpha value is -3.70. The van der Waals surface area contributed by atoms with Crippen molar-refractivity contribution in [2.75, 3.05) is 21.2 Å². The molecular formula is C23H24N2O9. The second-order valence-corrected chi connectivity index (χ2v) is 8.91. The number of amides is 1. The number of nitrogens with zero attached hydrogens (tertiary/aromatic N) is 1. The molecule has 0 spiro atoms. The standard InChI is InChI=1S/C23H24N2O9/c1-25(2)16-10-7-9-12(22(32)34-3)8-5-4-6-11(26)13(8)17(27)14(9)19(29)23(10,33)20(30)15(18(16)28)21(24)31/h4-6,9-10,12,16,26,28-29,33H,7H2,1-3H3,(H2,24,31)/t9-,10+,12-,16+,23+/m1/s1. The fourth-order valence-electron chi connectivity index (χ4n) is 5.65. The van der Waals surface area contributed by atoms with Crippen LogP contribution < -0.4 is 5.73 Å². The number of ether oxygens (including phenoxy) is 1. The first-order valence-electron chi connectivity index (χ1n) is 10.4. The van der Waals surface area contributed by atoms with Crippen molar-refractivity contribution in [1.29, 1.82) is 0 Å². The number of methoxy groups -OCH3 is 1. The van der Waals surface area contributed by atoms with Gasteiger partial charge in [-0.15, -0.1) is 0 Å². The molecule has 0 aromatic heterocycles. The molecule has 34 heavy (non-hydrogen) atoms. The number of phenols is 1. The lowest BCUT2D eigenvalue weighted by molar-refractivity contribution is -0.150. The molecule has 0 aliphatic heterocycles. The van der Waals surface area contributed by atoms with E-state index >= 15 is 0 Å². The Morgan fingerprint density at radius 2 is 1.82 bits per heavy atom. The molecule has 0 saturated heterocycles. The van der Waals surface area contributed by atoms with E-state index in [-0.39, 0.29) is 17.5 Å². The third-order valence-electron chi connectivity index (χ3n) is 7.06. The summed E-state index contributed by atoms with van der Waals surface area (Å²) in [6.45, 7) is 0. The van der Waals surface area contributed by atoms with Gasteiger partial charge in [-0.05, 0) is 32.1 Å². The van der Waals surface area contributed by atoms with Gasteiger partial charge >= 0.3 is 5.97 Å². The van der Waals surface area contributed by atoms with Gasteiger partial charge in [0.1, 0.15) is 22.8 Å². The topological polar surface area (TPSA) is 188 Å². The number of fused-ring (bicyclic) bond motifs is 3. The number of hydrogen-bond donors (Lipinski definition) is 5. The summed E-state index contributed by atoms with van der Waals surface area (Å²) in [5, 5.41) is 44.0. The van der Waals surface area contributed by atoms with E-state index in [9.17, 15) is 39.6 Å². The zero-order valence-corrected chi connectivity index (χ0v) is 18.6. The monoisotopic (exact) mass is 472 g/mol. The van der Waals surface area contributed by atoms with Gasteiger partial charge in [0, 0.05) is 17.4 Å². The Morgan fingerprint density at radius 3 is 2.38 bits per heavy atom. The number of benzene rings is 1. The fourth-order valence-corrected chi connectivity index (χ4v) is 5.65. The number of allylic oxidation sites excluding steroid dienone is 1. The summed E-state index contributed by atoms with van der Waals surface area (Å²) in [4.78, 5) is 53.0. The summed E-state index contributed by atoms with van der Waals surface area (Å²) in [6.07, 6.45) is -0.221. The Bertz CT molecular complexity index is 1210. The maximum atomic E-state index is 13.4. The van der Waals surface area contributed by atoms with E-state index in [0.29, 0.717) is 0 Å². The lowest BCUT2D eigenvalue weighted by Crippen LogP contribution is -2.64. The van der Waals surface area contributed by atoms with Crippen LogP contribution in [0.2, 0.25) is 0 Å². The molecule has 180 valence electrons. The normalized spacial score (nSPS) is 30.6. The summed E-state index contributed by atoms with van der Waals surface area (Å²) in [7, 11) is 4.18. The van der Waals surface area contributed by atoms with Crippen molar-refractivity contribution in [3.05, 3.63) is 52.0 Å². The number of aliphatic hydroxyl groups excluding tert-OH is 2. The Kier molecular flexibility index (Phi) is 5.29. The lowest BCUT2D eigenvalue weighted by atomic mass is 9.56. The molecule has 3 aliphatic carbocycles. The molecule has 0 fully saturated rings. The number of primary amides is 1. The summed E-state index contributed by atoms with van der Waals surface area (Å²) < 4.78 is 4.94. The number of ketones is 2. The molecular weight excluding hydrogens is 448 g/mol. The van der Waals surface area contributed by atoms with E-state index < -0.39 is 81.3 Å². The van der Waals surface area contributed by atoms with Crippen LogP contribution in [0, 0.1) is 11.8 Å². The molecule has 0 bridgehead atoms. The number of hydrogen-bond acceptors (Lipinski definition) is 10. The van der Waals surface area contributed by atoms with Crippen molar-refractivity contribution >= 4 is 23.4 Å². The van der Waals surface area contributed by atoms with Crippen LogP contribution in [0.4, 0.5) is 0 Å². The van der Waals surface area contributed by atoms with Gasteiger partial charge in [0.15, 0.2) is 11.4 Å². The highest BCUT2D eigenvalue weighted by Gasteiger charge is 2.64. The predicted molar refractivity (Wildman–Crippen MR) is 115 cm³/mol. The van der Waals surface area contributed by atoms with Gasteiger partial charge in [0.2, 0.25) is 5.78 Å². The molecule has 0 saturated carbocycles. The zero-order chi connectivity index (χ0) is 25.3. The van der Waals surface area contributed by atoms with E-state index in [1.807, 2.05) is 0 Å². The van der Waals surface area contributed by atoms with E-state index in [2.05, 4.69) is 0 Å². The first-order valence-corrected chi connectivity index (χ1v) is 10.4. The summed E-state index contributed by atoms with van der Waals surface area (Å²) >= 11 is 0. The summed E-state index contributed by atoms with van der Waals surface area (Å²) in [6, 6.07) is 2.99. The van der Waals surface area contributed by atoms with Crippen LogP contribution in [0.15, 0.2) is 40.9 Å². The van der Waals surface area contributed by atoms with Crippen molar-refractivity contribution in [3.63, 3.8) is 0 Å². The molecule has 11 nitrogen and oxygen atoms in total. The highest BCUT2D eigenvalue weighted by molar-refractivity contribution is 6.25. The molecule has 11 heteroatoms. The number of Topliss-reactive ketones (excluding diaryl/α,β-unsaturated/α-hetero) is 2. The van der Waals surface area contributed by atoms with Crippen molar-refractivity contribution < 1.29 is 44.3 Å². The first kappa shape index (κ1) is 23.5. The fraction of sp³-hybridized carbons (Fsp3) is 0.391. The Balaban J connectivity index is 2.05. The number of likely N-dealkylation sites (N-methyl/N-ethyl adjacent to an activating group) is 1. The lowest BCUT2D eigenvalue weighted by Gasteiger charge is -2.51. The van der Waals surface area contributed by atoms with Crippen molar-refractivity contribution in [1.82, 2.24) is 4.90 Å². The number of carbonyl (C=O) groups excluding carboxylic acids is 4. The quantitative estimate of drug-likeness (QED) is 0.292. The average molecular weight is 472 g/mol. The second-order valence-electron chi connectivity index (χ2n) is 8.91.